The second kappa shape index (κ2) is 12.3. The topological polar surface area (TPSA) is 74.8 Å². The van der Waals surface area contributed by atoms with E-state index in [1.807, 2.05) is 31.2 Å². The van der Waals surface area contributed by atoms with Gasteiger partial charge in [-0.1, -0.05) is 23.7 Å². The van der Waals surface area contributed by atoms with Gasteiger partial charge in [0.05, 0.1) is 6.54 Å². The number of nitrogens with one attached hydrogen (secondary N) is 3. The summed E-state index contributed by atoms with van der Waals surface area (Å²) in [6.45, 7) is 4.45. The van der Waals surface area contributed by atoms with E-state index in [1.165, 1.54) is 0 Å². The van der Waals surface area contributed by atoms with Gasteiger partial charge in [0.15, 0.2) is 5.96 Å². The number of halogens is 2. The van der Waals surface area contributed by atoms with E-state index in [0.29, 0.717) is 30.6 Å². The Balaban J connectivity index is 0.00000338. The number of carbonyl (C=O) groups excluding carboxylic acids is 1. The van der Waals surface area contributed by atoms with E-state index < -0.39 is 0 Å². The van der Waals surface area contributed by atoms with Crippen molar-refractivity contribution in [2.45, 2.75) is 25.9 Å². The number of amides is 1. The molecule has 1 aromatic rings. The maximum absolute atomic E-state index is 11.6. The van der Waals surface area contributed by atoms with Gasteiger partial charge in [-0.2, -0.15) is 0 Å². The number of nitrogens with zero attached hydrogens (tertiary/aromatic N) is 1. The number of aliphatic imine (C=N–C) groups is 1. The van der Waals surface area contributed by atoms with E-state index in [0.717, 1.165) is 24.9 Å². The summed E-state index contributed by atoms with van der Waals surface area (Å²) >= 11 is 6.04. The minimum Gasteiger partial charge on any atom is -0.375 e. The molecule has 26 heavy (non-hydrogen) atoms. The van der Waals surface area contributed by atoms with Crippen molar-refractivity contribution in [2.75, 3.05) is 33.3 Å². The lowest BCUT2D eigenvalue weighted by molar-refractivity contribution is -0.122. The fourth-order valence-corrected chi connectivity index (χ4v) is 2.59. The van der Waals surface area contributed by atoms with Gasteiger partial charge >= 0.3 is 0 Å². The van der Waals surface area contributed by atoms with Crippen molar-refractivity contribution < 1.29 is 9.53 Å². The summed E-state index contributed by atoms with van der Waals surface area (Å²) < 4.78 is 5.53. The van der Waals surface area contributed by atoms with Gasteiger partial charge in [-0.3, -0.25) is 9.79 Å². The molecule has 8 heteroatoms. The highest BCUT2D eigenvalue weighted by atomic mass is 127. The van der Waals surface area contributed by atoms with Crippen LogP contribution in [-0.2, 0) is 9.53 Å². The van der Waals surface area contributed by atoms with Crippen LogP contribution in [0.5, 0.6) is 0 Å². The zero-order valence-corrected chi connectivity index (χ0v) is 18.3. The Morgan fingerprint density at radius 1 is 1.31 bits per heavy atom. The van der Waals surface area contributed by atoms with E-state index in [-0.39, 0.29) is 41.9 Å². The molecular weight excluding hydrogens is 467 g/mol. The van der Waals surface area contributed by atoms with Gasteiger partial charge in [0.2, 0.25) is 5.91 Å². The number of rotatable bonds is 9. The predicted octanol–water partition coefficient (Wildman–Crippen LogP) is 2.73. The second-order valence-corrected chi connectivity index (χ2v) is 6.43. The molecule has 0 aliphatic heterocycles. The van der Waals surface area contributed by atoms with Crippen molar-refractivity contribution in [1.29, 1.82) is 0 Å². The van der Waals surface area contributed by atoms with Crippen LogP contribution < -0.4 is 16.0 Å². The molecule has 1 atom stereocenters. The number of benzene rings is 1. The number of ether oxygens (including phenoxy) is 1. The van der Waals surface area contributed by atoms with Crippen molar-refractivity contribution >= 4 is 47.4 Å². The SMILES string of the molecule is CCNC(=NCC(OC)c1cccc(Cl)c1)NCCNC(=O)C1CC1.I. The quantitative estimate of drug-likeness (QED) is 0.214. The largest absolute Gasteiger partial charge is 0.375 e. The molecule has 1 aliphatic carbocycles. The lowest BCUT2D eigenvalue weighted by Crippen LogP contribution is -2.42. The Morgan fingerprint density at radius 2 is 2.04 bits per heavy atom. The van der Waals surface area contributed by atoms with Crippen LogP contribution >= 0.6 is 35.6 Å². The highest BCUT2D eigenvalue weighted by Gasteiger charge is 2.28. The molecule has 0 saturated heterocycles. The standard InChI is InChI=1S/C18H27ClN4O2.HI/c1-3-20-18(22-10-9-21-17(24)13-7-8-13)23-12-16(25-2)14-5-4-6-15(19)11-14;/h4-6,11,13,16H,3,7-10,12H2,1-2H3,(H,21,24)(H2,20,22,23);1H. The highest BCUT2D eigenvalue weighted by molar-refractivity contribution is 14.0. The summed E-state index contributed by atoms with van der Waals surface area (Å²) in [5, 5.41) is 10.0. The summed E-state index contributed by atoms with van der Waals surface area (Å²) in [5.74, 6) is 1.10. The molecule has 1 aliphatic rings. The van der Waals surface area contributed by atoms with Crippen LogP contribution in [0.15, 0.2) is 29.3 Å². The molecule has 146 valence electrons. The third-order valence-corrected chi connectivity index (χ3v) is 4.16. The van der Waals surface area contributed by atoms with Crippen LogP contribution in [-0.4, -0.2) is 45.2 Å². The van der Waals surface area contributed by atoms with Crippen LogP contribution in [0.4, 0.5) is 0 Å². The van der Waals surface area contributed by atoms with E-state index in [2.05, 4.69) is 20.9 Å². The third kappa shape index (κ3) is 8.09. The lowest BCUT2D eigenvalue weighted by atomic mass is 10.1. The first kappa shape index (κ1) is 23.0. The molecule has 3 N–H and O–H groups in total. The molecule has 0 aromatic heterocycles. The van der Waals surface area contributed by atoms with Crippen molar-refractivity contribution in [3.63, 3.8) is 0 Å². The fourth-order valence-electron chi connectivity index (χ4n) is 2.40. The van der Waals surface area contributed by atoms with E-state index in [1.54, 1.807) is 7.11 Å². The van der Waals surface area contributed by atoms with Gasteiger partial charge in [-0.25, -0.2) is 0 Å². The fraction of sp³-hybridized carbons (Fsp3) is 0.556. The summed E-state index contributed by atoms with van der Waals surface area (Å²) in [4.78, 5) is 16.2. The van der Waals surface area contributed by atoms with Gasteiger partial charge in [0.1, 0.15) is 6.10 Å². The zero-order chi connectivity index (χ0) is 18.1. The number of guanidine groups is 1. The first-order chi connectivity index (χ1) is 12.1. The summed E-state index contributed by atoms with van der Waals surface area (Å²) in [5.41, 5.74) is 0.992. The summed E-state index contributed by atoms with van der Waals surface area (Å²) in [7, 11) is 1.66. The van der Waals surface area contributed by atoms with E-state index in [4.69, 9.17) is 16.3 Å². The maximum atomic E-state index is 11.6. The van der Waals surface area contributed by atoms with Crippen molar-refractivity contribution in [1.82, 2.24) is 16.0 Å². The number of carbonyl (C=O) groups is 1. The van der Waals surface area contributed by atoms with Gasteiger partial charge in [0, 0.05) is 37.7 Å². The lowest BCUT2D eigenvalue weighted by Gasteiger charge is -2.16. The molecule has 1 amide bonds. The zero-order valence-electron chi connectivity index (χ0n) is 15.3. The monoisotopic (exact) mass is 494 g/mol. The molecule has 0 bridgehead atoms. The number of hydrogen-bond donors (Lipinski definition) is 3. The van der Waals surface area contributed by atoms with Gasteiger partial charge in [0.25, 0.3) is 0 Å². The van der Waals surface area contributed by atoms with Crippen LogP contribution in [0.2, 0.25) is 5.02 Å². The van der Waals surface area contributed by atoms with Gasteiger partial charge < -0.3 is 20.7 Å². The Morgan fingerprint density at radius 3 is 2.65 bits per heavy atom. The van der Waals surface area contributed by atoms with Gasteiger partial charge in [-0.05, 0) is 37.5 Å². The molecule has 1 unspecified atom stereocenters. The Bertz CT molecular complexity index is 596. The second-order valence-electron chi connectivity index (χ2n) is 5.99. The van der Waals surface area contributed by atoms with Crippen LogP contribution in [0, 0.1) is 5.92 Å². The highest BCUT2D eigenvalue weighted by Crippen LogP contribution is 2.28. The molecule has 2 rings (SSSR count). The Labute approximate surface area is 177 Å². The molecule has 0 spiro atoms. The van der Waals surface area contributed by atoms with Crippen LogP contribution in [0.3, 0.4) is 0 Å². The van der Waals surface area contributed by atoms with Gasteiger partial charge in [-0.15, -0.1) is 24.0 Å². The van der Waals surface area contributed by atoms with Crippen molar-refractivity contribution in [3.05, 3.63) is 34.9 Å². The minimum atomic E-state index is -0.163. The van der Waals surface area contributed by atoms with Crippen LogP contribution in [0.1, 0.15) is 31.4 Å². The smallest absolute Gasteiger partial charge is 0.223 e. The average Bonchev–Trinajstić information content (AvgIpc) is 3.44. The van der Waals surface area contributed by atoms with E-state index in [9.17, 15) is 4.79 Å². The maximum Gasteiger partial charge on any atom is 0.223 e. The molecule has 0 radical (unpaired) electrons. The molecule has 1 aromatic carbocycles. The Hall–Kier alpha value is -1.06. The Kier molecular flexibility index (Phi) is 10.9. The van der Waals surface area contributed by atoms with E-state index >= 15 is 0 Å². The third-order valence-electron chi connectivity index (χ3n) is 3.93. The molecule has 1 fully saturated rings. The van der Waals surface area contributed by atoms with Crippen molar-refractivity contribution in [2.24, 2.45) is 10.9 Å². The normalized spacial score (nSPS) is 15.0. The summed E-state index contributed by atoms with van der Waals surface area (Å²) in [6, 6.07) is 7.60. The number of hydrogen-bond acceptors (Lipinski definition) is 3. The molecule has 1 saturated carbocycles. The molecule has 6 nitrogen and oxygen atoms in total. The number of methoxy groups -OCH3 is 1. The molecule has 0 heterocycles. The first-order valence-electron chi connectivity index (χ1n) is 8.72. The minimum absolute atomic E-state index is 0. The van der Waals surface area contributed by atoms with Crippen LogP contribution in [0.25, 0.3) is 0 Å². The average molecular weight is 495 g/mol. The first-order valence-corrected chi connectivity index (χ1v) is 9.10. The molecular formula is C18H28ClIN4O2. The predicted molar refractivity (Wildman–Crippen MR) is 116 cm³/mol. The van der Waals surface area contributed by atoms with Crippen molar-refractivity contribution in [3.8, 4) is 0 Å². The summed E-state index contributed by atoms with van der Waals surface area (Å²) in [6.07, 6.45) is 1.88.